The maximum Gasteiger partial charge on any atom is 0.156 e. The second kappa shape index (κ2) is 9.38. The molecule has 2 N–H and O–H groups in total. The van der Waals surface area contributed by atoms with Gasteiger partial charge in [-0.2, -0.15) is 0 Å². The van der Waals surface area contributed by atoms with Crippen LogP contribution in [0.1, 0.15) is 30.6 Å². The van der Waals surface area contributed by atoms with Crippen LogP contribution in [0.2, 0.25) is 5.02 Å². The summed E-state index contributed by atoms with van der Waals surface area (Å²) in [5, 5.41) is 14.1. The number of benzene rings is 2. The van der Waals surface area contributed by atoms with Gasteiger partial charge in [0.1, 0.15) is 0 Å². The van der Waals surface area contributed by atoms with Crippen molar-refractivity contribution in [2.75, 3.05) is 6.54 Å². The van der Waals surface area contributed by atoms with E-state index in [0.29, 0.717) is 18.0 Å². The Kier molecular flexibility index (Phi) is 7.19. The maximum atomic E-state index is 11.9. The fourth-order valence-corrected chi connectivity index (χ4v) is 2.55. The van der Waals surface area contributed by atoms with Crippen LogP contribution in [0.3, 0.4) is 0 Å². The van der Waals surface area contributed by atoms with E-state index in [1.165, 1.54) is 0 Å². The van der Waals surface area contributed by atoms with E-state index in [4.69, 9.17) is 11.6 Å². The third kappa shape index (κ3) is 5.60. The van der Waals surface area contributed by atoms with E-state index < -0.39 is 6.10 Å². The van der Waals surface area contributed by atoms with E-state index >= 15 is 0 Å². The topological polar surface area (TPSA) is 49.3 Å². The number of carbonyl (C=O) groups is 1. The molecule has 0 aliphatic carbocycles. The fourth-order valence-electron chi connectivity index (χ4n) is 2.35. The van der Waals surface area contributed by atoms with Crippen LogP contribution in [0.4, 0.5) is 0 Å². The molecule has 0 radical (unpaired) electrons. The third-order valence-corrected chi connectivity index (χ3v) is 4.15. The number of halogens is 1. The van der Waals surface area contributed by atoms with Gasteiger partial charge in [0, 0.05) is 24.0 Å². The van der Waals surface area contributed by atoms with Gasteiger partial charge >= 0.3 is 0 Å². The molecule has 0 fully saturated rings. The Balaban J connectivity index is 1.77. The smallest absolute Gasteiger partial charge is 0.156 e. The molecule has 4 heteroatoms. The molecule has 126 valence electrons. The van der Waals surface area contributed by atoms with Gasteiger partial charge in [-0.1, -0.05) is 60.1 Å². The third-order valence-electron chi connectivity index (χ3n) is 3.81. The Morgan fingerprint density at radius 3 is 2.54 bits per heavy atom. The van der Waals surface area contributed by atoms with Crippen molar-refractivity contribution in [1.82, 2.24) is 5.32 Å². The van der Waals surface area contributed by atoms with Crippen LogP contribution in [0.15, 0.2) is 60.7 Å². The molecule has 3 nitrogen and oxygen atoms in total. The lowest BCUT2D eigenvalue weighted by Crippen LogP contribution is -2.33. The second-order valence-corrected chi connectivity index (χ2v) is 6.08. The molecule has 2 aromatic carbocycles. The summed E-state index contributed by atoms with van der Waals surface area (Å²) in [6, 6.07) is 16.7. The van der Waals surface area contributed by atoms with Crippen LogP contribution in [-0.4, -0.2) is 23.5 Å². The summed E-state index contributed by atoms with van der Waals surface area (Å²) < 4.78 is 0. The first kappa shape index (κ1) is 18.4. The van der Waals surface area contributed by atoms with Crippen LogP contribution in [0, 0.1) is 0 Å². The molecule has 0 aliphatic heterocycles. The van der Waals surface area contributed by atoms with Crippen LogP contribution in [-0.2, 0) is 4.79 Å². The number of rotatable bonds is 8. The molecule has 0 amide bonds. The summed E-state index contributed by atoms with van der Waals surface area (Å²) in [6.07, 6.45) is 3.04. The summed E-state index contributed by atoms with van der Waals surface area (Å²) in [4.78, 5) is 11.9. The van der Waals surface area contributed by atoms with E-state index in [9.17, 15) is 9.90 Å². The molecule has 0 aliphatic rings. The Hall–Kier alpha value is -1.94. The average Bonchev–Trinajstić information content (AvgIpc) is 2.61. The van der Waals surface area contributed by atoms with Crippen molar-refractivity contribution >= 4 is 23.5 Å². The van der Waals surface area contributed by atoms with Crippen molar-refractivity contribution in [3.63, 3.8) is 0 Å². The van der Waals surface area contributed by atoms with Crippen LogP contribution < -0.4 is 5.32 Å². The summed E-state index contributed by atoms with van der Waals surface area (Å²) in [5.41, 5.74) is 1.69. The summed E-state index contributed by atoms with van der Waals surface area (Å²) >= 11 is 6.04. The molecule has 0 saturated carbocycles. The van der Waals surface area contributed by atoms with Gasteiger partial charge in [0.15, 0.2) is 5.78 Å². The van der Waals surface area contributed by atoms with Gasteiger partial charge in [-0.25, -0.2) is 0 Å². The highest BCUT2D eigenvalue weighted by molar-refractivity contribution is 6.32. The quantitative estimate of drug-likeness (QED) is 0.712. The number of aliphatic hydroxyl groups excluding tert-OH is 1. The molecular weight excluding hydrogens is 322 g/mol. The summed E-state index contributed by atoms with van der Waals surface area (Å²) in [7, 11) is 0. The standard InChI is InChI=1S/C20H22ClNO2/c1-15(20(24)17-8-3-2-4-9-17)22-14-13-18(23)12-11-16-7-5-6-10-19(16)21/h2-12,15,20,22,24H,13-14H2,1H3/b12-11+. The number of hydrogen-bond acceptors (Lipinski definition) is 3. The zero-order chi connectivity index (χ0) is 17.4. The Morgan fingerprint density at radius 1 is 1.17 bits per heavy atom. The van der Waals surface area contributed by atoms with Gasteiger partial charge in [0.2, 0.25) is 0 Å². The molecule has 24 heavy (non-hydrogen) atoms. The van der Waals surface area contributed by atoms with Crippen LogP contribution in [0.5, 0.6) is 0 Å². The predicted octanol–water partition coefficient (Wildman–Crippen LogP) is 4.02. The molecule has 2 unspecified atom stereocenters. The van der Waals surface area contributed by atoms with Gasteiger partial charge in [0.05, 0.1) is 6.10 Å². The predicted molar refractivity (Wildman–Crippen MR) is 99.0 cm³/mol. The van der Waals surface area contributed by atoms with E-state index in [0.717, 1.165) is 11.1 Å². The van der Waals surface area contributed by atoms with Crippen molar-refractivity contribution in [1.29, 1.82) is 0 Å². The fraction of sp³-hybridized carbons (Fsp3) is 0.250. The number of hydrogen-bond donors (Lipinski definition) is 2. The minimum atomic E-state index is -0.597. The molecule has 0 saturated heterocycles. The number of carbonyl (C=O) groups excluding carboxylic acids is 1. The average molecular weight is 344 g/mol. The highest BCUT2D eigenvalue weighted by Gasteiger charge is 2.15. The van der Waals surface area contributed by atoms with E-state index in [1.807, 2.05) is 55.5 Å². The lowest BCUT2D eigenvalue weighted by atomic mass is 10.0. The molecule has 0 aromatic heterocycles. The Morgan fingerprint density at radius 2 is 1.83 bits per heavy atom. The highest BCUT2D eigenvalue weighted by atomic mass is 35.5. The molecule has 0 heterocycles. The van der Waals surface area contributed by atoms with Crippen molar-refractivity contribution in [3.8, 4) is 0 Å². The van der Waals surface area contributed by atoms with Crippen molar-refractivity contribution < 1.29 is 9.90 Å². The minimum absolute atomic E-state index is 0.0174. The van der Waals surface area contributed by atoms with E-state index in [1.54, 1.807) is 18.2 Å². The SMILES string of the molecule is CC(NCCC(=O)/C=C/c1ccccc1Cl)C(O)c1ccccc1. The first-order valence-electron chi connectivity index (χ1n) is 8.00. The highest BCUT2D eigenvalue weighted by Crippen LogP contribution is 2.17. The Labute approximate surface area is 148 Å². The molecule has 2 aromatic rings. The lowest BCUT2D eigenvalue weighted by molar-refractivity contribution is -0.114. The summed E-state index contributed by atoms with van der Waals surface area (Å²) in [6.45, 7) is 2.42. The van der Waals surface area contributed by atoms with Gasteiger partial charge in [-0.15, -0.1) is 0 Å². The number of nitrogens with one attached hydrogen (secondary N) is 1. The van der Waals surface area contributed by atoms with Gasteiger partial charge in [0.25, 0.3) is 0 Å². The maximum absolute atomic E-state index is 11.9. The number of allylic oxidation sites excluding steroid dienone is 1. The van der Waals surface area contributed by atoms with Crippen molar-refractivity contribution in [2.45, 2.75) is 25.5 Å². The minimum Gasteiger partial charge on any atom is -0.387 e. The number of aliphatic hydroxyl groups is 1. The molecule has 2 atom stereocenters. The zero-order valence-corrected chi connectivity index (χ0v) is 14.4. The first-order valence-corrected chi connectivity index (χ1v) is 8.37. The van der Waals surface area contributed by atoms with Gasteiger partial charge in [-0.05, 0) is 36.3 Å². The van der Waals surface area contributed by atoms with Crippen LogP contribution >= 0.6 is 11.6 Å². The van der Waals surface area contributed by atoms with Crippen LogP contribution in [0.25, 0.3) is 6.08 Å². The molecular formula is C20H22ClNO2. The van der Waals surface area contributed by atoms with E-state index in [2.05, 4.69) is 5.32 Å². The Bertz CT molecular complexity index is 685. The van der Waals surface area contributed by atoms with Crippen molar-refractivity contribution in [2.24, 2.45) is 0 Å². The zero-order valence-electron chi connectivity index (χ0n) is 13.7. The second-order valence-electron chi connectivity index (χ2n) is 5.67. The number of ketones is 1. The molecule has 0 bridgehead atoms. The summed E-state index contributed by atoms with van der Waals surface area (Å²) in [5.74, 6) is 0.0174. The van der Waals surface area contributed by atoms with Crippen molar-refractivity contribution in [3.05, 3.63) is 76.8 Å². The van der Waals surface area contributed by atoms with E-state index in [-0.39, 0.29) is 11.8 Å². The van der Waals surface area contributed by atoms with Gasteiger partial charge < -0.3 is 10.4 Å². The normalized spacial score (nSPS) is 13.8. The molecule has 2 rings (SSSR count). The first-order chi connectivity index (χ1) is 11.6. The monoisotopic (exact) mass is 343 g/mol. The van der Waals surface area contributed by atoms with Gasteiger partial charge in [-0.3, -0.25) is 4.79 Å². The molecule has 0 spiro atoms. The largest absolute Gasteiger partial charge is 0.387 e. The lowest BCUT2D eigenvalue weighted by Gasteiger charge is -2.20.